The molecule has 1 saturated carbocycles. The predicted molar refractivity (Wildman–Crippen MR) is 78.7 cm³/mol. The summed E-state index contributed by atoms with van der Waals surface area (Å²) in [6.45, 7) is 0.859. The number of hydrogen-bond acceptors (Lipinski definition) is 2. The summed E-state index contributed by atoms with van der Waals surface area (Å²) in [6, 6.07) is 5.99. The van der Waals surface area contributed by atoms with Crippen molar-refractivity contribution in [2.24, 2.45) is 5.92 Å². The van der Waals surface area contributed by atoms with Gasteiger partial charge in [-0.1, -0.05) is 42.1 Å². The van der Waals surface area contributed by atoms with E-state index in [2.05, 4.69) is 5.32 Å². The Hall–Kier alpha value is -0.280. The molecule has 0 radical (unpaired) electrons. The van der Waals surface area contributed by atoms with E-state index >= 15 is 0 Å². The number of fused-ring (bicyclic) bond motifs is 1. The lowest BCUT2D eigenvalue weighted by atomic mass is 9.67. The predicted octanol–water partition coefficient (Wildman–Crippen LogP) is 3.95. The molecule has 104 valence electrons. The van der Waals surface area contributed by atoms with Crippen LogP contribution in [0.3, 0.4) is 0 Å². The lowest BCUT2D eigenvalue weighted by Crippen LogP contribution is -2.53. The van der Waals surface area contributed by atoms with Gasteiger partial charge >= 0.3 is 0 Å². The summed E-state index contributed by atoms with van der Waals surface area (Å²) in [5.41, 5.74) is 0.639. The Morgan fingerprint density at radius 2 is 2.00 bits per heavy atom. The highest BCUT2D eigenvalue weighted by molar-refractivity contribution is 6.42. The minimum absolute atomic E-state index is 0.189. The monoisotopic (exact) mass is 299 g/mol. The zero-order valence-corrected chi connectivity index (χ0v) is 12.3. The van der Waals surface area contributed by atoms with E-state index in [9.17, 15) is 5.11 Å². The van der Waals surface area contributed by atoms with Crippen molar-refractivity contribution in [1.29, 1.82) is 0 Å². The molecule has 3 atom stereocenters. The smallest absolute Gasteiger partial charge is 0.0706 e. The summed E-state index contributed by atoms with van der Waals surface area (Å²) in [4.78, 5) is 0. The van der Waals surface area contributed by atoms with Gasteiger partial charge < -0.3 is 10.4 Å². The topological polar surface area (TPSA) is 32.3 Å². The second-order valence-corrected chi connectivity index (χ2v) is 6.63. The number of benzene rings is 1. The van der Waals surface area contributed by atoms with Crippen LogP contribution < -0.4 is 5.32 Å². The van der Waals surface area contributed by atoms with Crippen LogP contribution in [0.25, 0.3) is 0 Å². The van der Waals surface area contributed by atoms with Crippen LogP contribution in [0.15, 0.2) is 18.2 Å². The number of rotatable bonds is 1. The highest BCUT2D eigenvalue weighted by Crippen LogP contribution is 2.46. The fraction of sp³-hybridized carbons (Fsp3) is 0.600. The first kappa shape index (κ1) is 13.7. The molecule has 0 aromatic heterocycles. The average molecular weight is 300 g/mol. The number of piperidine rings is 1. The number of hydrogen-bond donors (Lipinski definition) is 2. The quantitative estimate of drug-likeness (QED) is 0.823. The Bertz CT molecular complexity index is 475. The van der Waals surface area contributed by atoms with Crippen molar-refractivity contribution in [3.05, 3.63) is 33.8 Å². The normalized spacial score (nSPS) is 34.9. The molecule has 4 heteroatoms. The van der Waals surface area contributed by atoms with E-state index < -0.39 is 5.60 Å². The summed E-state index contributed by atoms with van der Waals surface area (Å²) in [5, 5.41) is 15.6. The molecule has 1 saturated heterocycles. The van der Waals surface area contributed by atoms with E-state index in [0.717, 1.165) is 37.8 Å². The van der Waals surface area contributed by atoms with Gasteiger partial charge in [-0.25, -0.2) is 0 Å². The van der Waals surface area contributed by atoms with E-state index in [1.54, 1.807) is 0 Å². The van der Waals surface area contributed by atoms with Crippen LogP contribution in [0, 0.1) is 5.92 Å². The van der Waals surface area contributed by atoms with Crippen molar-refractivity contribution >= 4 is 23.2 Å². The van der Waals surface area contributed by atoms with Gasteiger partial charge in [-0.05, 0) is 43.5 Å². The largest absolute Gasteiger partial charge is 0.389 e. The van der Waals surface area contributed by atoms with Crippen LogP contribution in [0.5, 0.6) is 0 Å². The first-order chi connectivity index (χ1) is 9.10. The Balaban J connectivity index is 1.92. The minimum Gasteiger partial charge on any atom is -0.389 e. The number of halogens is 2. The molecule has 3 rings (SSSR count). The van der Waals surface area contributed by atoms with E-state index in [4.69, 9.17) is 23.2 Å². The zero-order chi connectivity index (χ0) is 13.5. The average Bonchev–Trinajstić information content (AvgIpc) is 2.40. The Kier molecular flexibility index (Phi) is 3.78. The summed E-state index contributed by atoms with van der Waals surface area (Å²) in [6.07, 6.45) is 5.20. The molecule has 1 aliphatic heterocycles. The van der Waals surface area contributed by atoms with Crippen LogP contribution in [-0.4, -0.2) is 17.3 Å². The second-order valence-electron chi connectivity index (χ2n) is 5.81. The molecule has 1 aromatic rings. The fourth-order valence-electron chi connectivity index (χ4n) is 3.68. The third-order valence-electron chi connectivity index (χ3n) is 4.69. The van der Waals surface area contributed by atoms with Gasteiger partial charge in [0.1, 0.15) is 0 Å². The van der Waals surface area contributed by atoms with Gasteiger partial charge in [-0.3, -0.25) is 0 Å². The molecule has 2 aliphatic rings. The van der Waals surface area contributed by atoms with Crippen molar-refractivity contribution in [2.75, 3.05) is 6.54 Å². The van der Waals surface area contributed by atoms with E-state index in [1.807, 2.05) is 18.2 Å². The molecule has 2 nitrogen and oxygen atoms in total. The molecule has 1 aromatic carbocycles. The fourth-order valence-corrected chi connectivity index (χ4v) is 3.99. The van der Waals surface area contributed by atoms with Gasteiger partial charge in [0.05, 0.1) is 15.6 Å². The second kappa shape index (κ2) is 5.25. The molecule has 2 fully saturated rings. The maximum atomic E-state index is 10.8. The first-order valence-electron chi connectivity index (χ1n) is 7.01. The first-order valence-corrected chi connectivity index (χ1v) is 7.76. The number of aliphatic hydroxyl groups is 1. The molecule has 0 spiro atoms. The molecular formula is C15H19Cl2NO. The van der Waals surface area contributed by atoms with Gasteiger partial charge in [-0.2, -0.15) is 0 Å². The zero-order valence-electron chi connectivity index (χ0n) is 10.8. The van der Waals surface area contributed by atoms with Gasteiger partial charge in [0, 0.05) is 12.0 Å². The summed E-state index contributed by atoms with van der Waals surface area (Å²) >= 11 is 12.1. The van der Waals surface area contributed by atoms with Gasteiger partial charge in [0.15, 0.2) is 0 Å². The highest BCUT2D eigenvalue weighted by Gasteiger charge is 2.45. The van der Waals surface area contributed by atoms with Crippen molar-refractivity contribution in [1.82, 2.24) is 5.32 Å². The molecule has 1 heterocycles. The Morgan fingerprint density at radius 3 is 2.79 bits per heavy atom. The standard InChI is InChI=1S/C15H19Cl2NO/c16-12-5-4-10(9-13(12)17)14-11-3-1-2-6-15(11,19)7-8-18-14/h4-5,9,11,14,18-19H,1-3,6-8H2/t11-,14+,15+/m1/s1. The van der Waals surface area contributed by atoms with Crippen LogP contribution in [0.1, 0.15) is 43.7 Å². The summed E-state index contributed by atoms with van der Waals surface area (Å²) < 4.78 is 0. The molecule has 1 aliphatic carbocycles. The summed E-state index contributed by atoms with van der Waals surface area (Å²) in [5.74, 6) is 0.284. The SMILES string of the molecule is O[C@]12CCCC[C@@H]1[C@H](c1ccc(Cl)c(Cl)c1)NCC2. The van der Waals surface area contributed by atoms with Gasteiger partial charge in [0.2, 0.25) is 0 Å². The minimum atomic E-state index is -0.500. The third-order valence-corrected chi connectivity index (χ3v) is 5.43. The third kappa shape index (κ3) is 2.52. The van der Waals surface area contributed by atoms with Crippen molar-refractivity contribution in [2.45, 2.75) is 43.7 Å². The molecule has 0 unspecified atom stereocenters. The van der Waals surface area contributed by atoms with Crippen molar-refractivity contribution in [3.63, 3.8) is 0 Å². The van der Waals surface area contributed by atoms with Crippen molar-refractivity contribution in [3.8, 4) is 0 Å². The molecule has 2 N–H and O–H groups in total. The Labute approximate surface area is 124 Å². The van der Waals surface area contributed by atoms with Gasteiger partial charge in [-0.15, -0.1) is 0 Å². The molecular weight excluding hydrogens is 281 g/mol. The lowest BCUT2D eigenvalue weighted by molar-refractivity contribution is -0.0861. The Morgan fingerprint density at radius 1 is 1.16 bits per heavy atom. The maximum absolute atomic E-state index is 10.8. The van der Waals surface area contributed by atoms with E-state index in [1.165, 1.54) is 6.42 Å². The molecule has 0 amide bonds. The maximum Gasteiger partial charge on any atom is 0.0706 e. The lowest BCUT2D eigenvalue weighted by Gasteiger charge is -2.48. The summed E-state index contributed by atoms with van der Waals surface area (Å²) in [7, 11) is 0. The van der Waals surface area contributed by atoms with Crippen LogP contribution in [0.4, 0.5) is 0 Å². The van der Waals surface area contributed by atoms with E-state index in [0.29, 0.717) is 10.0 Å². The van der Waals surface area contributed by atoms with Crippen LogP contribution in [-0.2, 0) is 0 Å². The molecule has 0 bridgehead atoms. The van der Waals surface area contributed by atoms with Crippen molar-refractivity contribution < 1.29 is 5.11 Å². The van der Waals surface area contributed by atoms with Crippen LogP contribution >= 0.6 is 23.2 Å². The number of nitrogens with one attached hydrogen (secondary N) is 1. The van der Waals surface area contributed by atoms with Gasteiger partial charge in [0.25, 0.3) is 0 Å². The van der Waals surface area contributed by atoms with Crippen LogP contribution in [0.2, 0.25) is 10.0 Å². The highest BCUT2D eigenvalue weighted by atomic mass is 35.5. The van der Waals surface area contributed by atoms with E-state index in [-0.39, 0.29) is 12.0 Å². The molecule has 19 heavy (non-hydrogen) atoms.